The average Bonchev–Trinajstić information content (AvgIpc) is 2.32. The van der Waals surface area contributed by atoms with Crippen LogP contribution in [-0.4, -0.2) is 24.2 Å². The minimum Gasteiger partial charge on any atom is -0.459 e. The van der Waals surface area contributed by atoms with Gasteiger partial charge in [0.05, 0.1) is 0 Å². The van der Waals surface area contributed by atoms with E-state index in [0.29, 0.717) is 0 Å². The Kier molecular flexibility index (Phi) is 2.73. The molecular formula is C9H19NO2. The number of esters is 1. The van der Waals surface area contributed by atoms with Gasteiger partial charge >= 0.3 is 5.97 Å². The normalized spacial score (nSPS) is 24.1. The Morgan fingerprint density at radius 1 is 1.58 bits per heavy atom. The first-order valence-electron chi connectivity index (χ1n) is 4.45. The molecule has 1 aliphatic rings. The lowest BCUT2D eigenvalue weighted by atomic mass is 10.2. The van der Waals surface area contributed by atoms with Gasteiger partial charge < -0.3 is 10.1 Å². The molecule has 0 saturated carbocycles. The van der Waals surface area contributed by atoms with E-state index in [4.69, 9.17) is 4.74 Å². The Morgan fingerprint density at radius 3 is 2.67 bits per heavy atom. The molecule has 0 aliphatic carbocycles. The van der Waals surface area contributed by atoms with Crippen LogP contribution in [-0.2, 0) is 9.53 Å². The standard InChI is InChI=1S/C9H17NO2.H2/c1-9(2,3)12-8(11)7-5-4-6-10-7;/h7,10H,4-6H2,1-3H3;1H/t7-;/m0./s1. The summed E-state index contributed by atoms with van der Waals surface area (Å²) in [4.78, 5) is 11.4. The number of carbonyl (C=O) groups excluding carboxylic acids is 1. The maximum Gasteiger partial charge on any atom is 0.323 e. The van der Waals surface area contributed by atoms with Crippen molar-refractivity contribution in [3.05, 3.63) is 0 Å². The first-order valence-corrected chi connectivity index (χ1v) is 4.45. The third-order valence-corrected chi connectivity index (χ3v) is 1.75. The van der Waals surface area contributed by atoms with E-state index in [2.05, 4.69) is 5.32 Å². The van der Waals surface area contributed by atoms with Crippen LogP contribution in [0.2, 0.25) is 0 Å². The maximum atomic E-state index is 11.4. The lowest BCUT2D eigenvalue weighted by molar-refractivity contribution is -0.157. The smallest absolute Gasteiger partial charge is 0.323 e. The van der Waals surface area contributed by atoms with E-state index in [-0.39, 0.29) is 19.0 Å². The molecule has 0 aromatic carbocycles. The molecule has 0 spiro atoms. The van der Waals surface area contributed by atoms with Crippen LogP contribution in [0.15, 0.2) is 0 Å². The number of ether oxygens (including phenoxy) is 1. The molecule has 0 amide bonds. The maximum absolute atomic E-state index is 11.4. The van der Waals surface area contributed by atoms with Crippen LogP contribution in [0, 0.1) is 0 Å². The van der Waals surface area contributed by atoms with Gasteiger partial charge in [-0.1, -0.05) is 0 Å². The van der Waals surface area contributed by atoms with E-state index >= 15 is 0 Å². The number of carbonyl (C=O) groups is 1. The number of rotatable bonds is 1. The molecule has 0 aromatic rings. The highest BCUT2D eigenvalue weighted by Crippen LogP contribution is 2.12. The Morgan fingerprint density at radius 2 is 2.25 bits per heavy atom. The van der Waals surface area contributed by atoms with Crippen molar-refractivity contribution in [2.24, 2.45) is 0 Å². The number of nitrogens with one attached hydrogen (secondary N) is 1. The molecule has 0 unspecified atom stereocenters. The Bertz CT molecular complexity index is 171. The molecule has 0 aromatic heterocycles. The van der Waals surface area contributed by atoms with Gasteiger partial charge in [0.25, 0.3) is 0 Å². The highest BCUT2D eigenvalue weighted by atomic mass is 16.6. The van der Waals surface area contributed by atoms with Crippen LogP contribution in [0.25, 0.3) is 0 Å². The van der Waals surface area contributed by atoms with Crippen LogP contribution in [0.1, 0.15) is 35.0 Å². The quantitative estimate of drug-likeness (QED) is 0.608. The summed E-state index contributed by atoms with van der Waals surface area (Å²) in [5, 5.41) is 3.10. The van der Waals surface area contributed by atoms with Crippen molar-refractivity contribution < 1.29 is 11.0 Å². The Labute approximate surface area is 75.0 Å². The van der Waals surface area contributed by atoms with Crippen LogP contribution in [0.3, 0.4) is 0 Å². The van der Waals surface area contributed by atoms with Gasteiger partial charge in [0, 0.05) is 1.43 Å². The van der Waals surface area contributed by atoms with Gasteiger partial charge in [0.1, 0.15) is 11.6 Å². The molecule has 12 heavy (non-hydrogen) atoms. The zero-order valence-electron chi connectivity index (χ0n) is 8.02. The summed E-state index contributed by atoms with van der Waals surface area (Å²) in [6.07, 6.45) is 1.98. The first kappa shape index (κ1) is 9.52. The van der Waals surface area contributed by atoms with E-state index < -0.39 is 0 Å². The van der Waals surface area contributed by atoms with Crippen molar-refractivity contribution in [2.45, 2.75) is 45.3 Å². The first-order chi connectivity index (χ1) is 5.49. The largest absolute Gasteiger partial charge is 0.459 e. The molecule has 1 fully saturated rings. The molecule has 72 valence electrons. The van der Waals surface area contributed by atoms with Gasteiger partial charge in [-0.25, -0.2) is 0 Å². The van der Waals surface area contributed by atoms with E-state index in [1.54, 1.807) is 0 Å². The summed E-state index contributed by atoms with van der Waals surface area (Å²) in [5.74, 6) is -0.111. The SMILES string of the molecule is CC(C)(C)OC(=O)[C@@H]1CCCN1.[HH]. The fraction of sp³-hybridized carbons (Fsp3) is 0.889. The predicted molar refractivity (Wildman–Crippen MR) is 49.0 cm³/mol. The van der Waals surface area contributed by atoms with Crippen molar-refractivity contribution in [1.82, 2.24) is 5.32 Å². The molecule has 1 saturated heterocycles. The zero-order chi connectivity index (χ0) is 9.19. The highest BCUT2D eigenvalue weighted by Gasteiger charge is 2.26. The third kappa shape index (κ3) is 2.81. The van der Waals surface area contributed by atoms with Crippen LogP contribution >= 0.6 is 0 Å². The number of hydrogen-bond acceptors (Lipinski definition) is 3. The van der Waals surface area contributed by atoms with Crippen LogP contribution in [0.4, 0.5) is 0 Å². The van der Waals surface area contributed by atoms with Gasteiger partial charge in [-0.3, -0.25) is 4.79 Å². The lowest BCUT2D eigenvalue weighted by Crippen LogP contribution is -2.37. The Balaban J connectivity index is 0.00000144. The molecule has 3 nitrogen and oxygen atoms in total. The second-order valence-electron chi connectivity index (χ2n) is 4.18. The summed E-state index contributed by atoms with van der Waals surface area (Å²) in [6, 6.07) is -0.0655. The second kappa shape index (κ2) is 3.44. The third-order valence-electron chi connectivity index (χ3n) is 1.75. The molecule has 3 heteroatoms. The topological polar surface area (TPSA) is 38.3 Å². The molecule has 0 bridgehead atoms. The zero-order valence-corrected chi connectivity index (χ0v) is 8.02. The van der Waals surface area contributed by atoms with Crippen molar-refractivity contribution in [1.29, 1.82) is 0 Å². The van der Waals surface area contributed by atoms with E-state index in [1.165, 1.54) is 0 Å². The van der Waals surface area contributed by atoms with Gasteiger partial charge in [-0.15, -0.1) is 0 Å². The van der Waals surface area contributed by atoms with Crippen molar-refractivity contribution >= 4 is 5.97 Å². The average molecular weight is 173 g/mol. The minimum atomic E-state index is -0.360. The molecular weight excluding hydrogens is 154 g/mol. The molecule has 1 atom stereocenters. The summed E-state index contributed by atoms with van der Waals surface area (Å²) < 4.78 is 5.22. The van der Waals surface area contributed by atoms with Crippen molar-refractivity contribution in [3.8, 4) is 0 Å². The fourth-order valence-electron chi connectivity index (χ4n) is 1.26. The van der Waals surface area contributed by atoms with Gasteiger partial charge in [0.15, 0.2) is 0 Å². The number of hydrogen-bond donors (Lipinski definition) is 1. The summed E-state index contributed by atoms with van der Waals surface area (Å²) in [5.41, 5.74) is -0.360. The minimum absolute atomic E-state index is 0. The highest BCUT2D eigenvalue weighted by molar-refractivity contribution is 5.76. The van der Waals surface area contributed by atoms with Gasteiger partial charge in [-0.05, 0) is 40.2 Å². The van der Waals surface area contributed by atoms with Gasteiger partial charge in [0.2, 0.25) is 0 Å². The van der Waals surface area contributed by atoms with E-state index in [1.807, 2.05) is 20.8 Å². The lowest BCUT2D eigenvalue weighted by Gasteiger charge is -2.21. The molecule has 1 heterocycles. The van der Waals surface area contributed by atoms with Gasteiger partial charge in [-0.2, -0.15) is 0 Å². The van der Waals surface area contributed by atoms with Crippen molar-refractivity contribution in [3.63, 3.8) is 0 Å². The van der Waals surface area contributed by atoms with E-state index in [0.717, 1.165) is 19.4 Å². The fourth-order valence-corrected chi connectivity index (χ4v) is 1.26. The van der Waals surface area contributed by atoms with Crippen LogP contribution in [0.5, 0.6) is 0 Å². The summed E-state index contributed by atoms with van der Waals surface area (Å²) in [6.45, 7) is 6.60. The monoisotopic (exact) mass is 173 g/mol. The molecule has 0 radical (unpaired) electrons. The summed E-state index contributed by atoms with van der Waals surface area (Å²) in [7, 11) is 0. The molecule has 1 N–H and O–H groups in total. The second-order valence-corrected chi connectivity index (χ2v) is 4.18. The molecule has 1 rings (SSSR count). The van der Waals surface area contributed by atoms with Crippen molar-refractivity contribution in [2.75, 3.05) is 6.54 Å². The van der Waals surface area contributed by atoms with Crippen LogP contribution < -0.4 is 5.32 Å². The summed E-state index contributed by atoms with van der Waals surface area (Å²) >= 11 is 0. The Hall–Kier alpha value is -0.570. The predicted octanol–water partition coefficient (Wildman–Crippen LogP) is 1.33. The molecule has 1 aliphatic heterocycles. The van der Waals surface area contributed by atoms with E-state index in [9.17, 15) is 4.79 Å².